The normalized spacial score (nSPS) is 15.7. The number of halogens is 2. The van der Waals surface area contributed by atoms with Crippen LogP contribution in [-0.2, 0) is 27.3 Å². The summed E-state index contributed by atoms with van der Waals surface area (Å²) in [5, 5.41) is 19.8. The lowest BCUT2D eigenvalue weighted by Crippen LogP contribution is -2.48. The number of aromatic amines is 1. The maximum absolute atomic E-state index is 13.7. The fraction of sp³-hybridized carbons (Fsp3) is 0.356. The molecule has 59 heavy (non-hydrogen) atoms. The molecule has 308 valence electrons. The van der Waals surface area contributed by atoms with E-state index in [1.807, 2.05) is 59.5 Å². The van der Waals surface area contributed by atoms with Crippen LogP contribution in [0.15, 0.2) is 84.9 Å². The van der Waals surface area contributed by atoms with Crippen molar-refractivity contribution in [3.05, 3.63) is 119 Å². The standard InChI is InChI=1S/C45H50F2N8O4/c46-34-25-32(26-35(47)28-34)24-31-9-16-39-38(27-31)43(53-52-39)51-44(58)33-10-7-30(8-11-33)29-48-19-5-3-1-2-4-6-42(57)55-22-20-54(21-23-55)37-14-12-36(13-15-37)49-40-17-18-41(56)50-45(40)59/h7-16,25-28,40,48-49H,1-6,17-24,29H2,(H,50,56,59)(H2,51,52,53,58). The first-order valence-electron chi connectivity index (χ1n) is 20.4. The Labute approximate surface area is 342 Å². The lowest BCUT2D eigenvalue weighted by molar-refractivity contribution is -0.134. The fourth-order valence-corrected chi connectivity index (χ4v) is 7.63. The molecule has 0 radical (unpaired) electrons. The summed E-state index contributed by atoms with van der Waals surface area (Å²) in [6, 6.07) is 24.0. The molecule has 2 aliphatic rings. The zero-order valence-corrected chi connectivity index (χ0v) is 33.0. The van der Waals surface area contributed by atoms with Gasteiger partial charge >= 0.3 is 0 Å². The third-order valence-electron chi connectivity index (χ3n) is 10.9. The second kappa shape index (κ2) is 19.5. The number of rotatable bonds is 17. The number of anilines is 3. The summed E-state index contributed by atoms with van der Waals surface area (Å²) in [7, 11) is 0. The molecular weight excluding hydrogens is 755 g/mol. The molecule has 0 aliphatic carbocycles. The van der Waals surface area contributed by atoms with Crippen LogP contribution < -0.4 is 26.2 Å². The highest BCUT2D eigenvalue weighted by Crippen LogP contribution is 2.25. The van der Waals surface area contributed by atoms with Crippen LogP contribution in [0.1, 0.15) is 78.4 Å². The maximum atomic E-state index is 13.7. The Morgan fingerprint density at radius 2 is 1.49 bits per heavy atom. The molecule has 0 saturated carbocycles. The molecule has 4 aromatic carbocycles. The van der Waals surface area contributed by atoms with Gasteiger partial charge in [-0.05, 0) is 110 Å². The summed E-state index contributed by atoms with van der Waals surface area (Å²) >= 11 is 0. The molecule has 1 unspecified atom stereocenters. The number of hydrogen-bond donors (Lipinski definition) is 5. The van der Waals surface area contributed by atoms with Crippen molar-refractivity contribution in [3.63, 3.8) is 0 Å². The Hall–Kier alpha value is -6.15. The van der Waals surface area contributed by atoms with E-state index < -0.39 is 17.7 Å². The smallest absolute Gasteiger partial charge is 0.256 e. The second-order valence-corrected chi connectivity index (χ2v) is 15.3. The van der Waals surface area contributed by atoms with E-state index in [-0.39, 0.29) is 23.6 Å². The molecule has 2 saturated heterocycles. The Kier molecular flexibility index (Phi) is 13.6. The summed E-state index contributed by atoms with van der Waals surface area (Å²) in [5.41, 5.74) is 5.57. The van der Waals surface area contributed by atoms with E-state index in [2.05, 4.69) is 36.4 Å². The van der Waals surface area contributed by atoms with Crippen molar-refractivity contribution in [1.29, 1.82) is 0 Å². The summed E-state index contributed by atoms with van der Waals surface area (Å²) in [5.74, 6) is -1.45. The largest absolute Gasteiger partial charge is 0.374 e. The highest BCUT2D eigenvalue weighted by atomic mass is 19.1. The van der Waals surface area contributed by atoms with Gasteiger partial charge in [-0.3, -0.25) is 29.6 Å². The summed E-state index contributed by atoms with van der Waals surface area (Å²) in [6.07, 6.45) is 6.87. The molecule has 4 amide bonds. The average molecular weight is 805 g/mol. The molecule has 2 aliphatic heterocycles. The maximum Gasteiger partial charge on any atom is 0.256 e. The first kappa shape index (κ1) is 41.0. The van der Waals surface area contributed by atoms with E-state index >= 15 is 0 Å². The van der Waals surface area contributed by atoms with E-state index in [1.54, 1.807) is 12.1 Å². The first-order valence-corrected chi connectivity index (χ1v) is 20.4. The Balaban J connectivity index is 0.738. The zero-order valence-electron chi connectivity index (χ0n) is 33.0. The molecule has 0 spiro atoms. The summed E-state index contributed by atoms with van der Waals surface area (Å²) in [6.45, 7) is 4.53. The number of hydrogen-bond acceptors (Lipinski definition) is 8. The van der Waals surface area contributed by atoms with E-state index in [4.69, 9.17) is 0 Å². The number of fused-ring (bicyclic) bond motifs is 1. The molecule has 5 aromatic rings. The minimum absolute atomic E-state index is 0.223. The van der Waals surface area contributed by atoms with Gasteiger partial charge in [0.25, 0.3) is 5.91 Å². The molecule has 1 atom stereocenters. The van der Waals surface area contributed by atoms with Crippen molar-refractivity contribution >= 4 is 51.7 Å². The number of aromatic nitrogens is 2. The number of nitrogens with one attached hydrogen (secondary N) is 5. The van der Waals surface area contributed by atoms with Gasteiger partial charge in [-0.2, -0.15) is 5.10 Å². The number of imide groups is 1. The van der Waals surface area contributed by atoms with Crippen LogP contribution in [0.4, 0.5) is 26.0 Å². The number of unbranched alkanes of at least 4 members (excludes halogenated alkanes) is 4. The van der Waals surface area contributed by atoms with Gasteiger partial charge in [0, 0.05) is 74.0 Å². The van der Waals surface area contributed by atoms with E-state index in [0.717, 1.165) is 85.8 Å². The van der Waals surface area contributed by atoms with E-state index in [0.29, 0.717) is 67.6 Å². The quantitative estimate of drug-likeness (QED) is 0.0516. The van der Waals surface area contributed by atoms with Crippen molar-refractivity contribution < 1.29 is 28.0 Å². The minimum Gasteiger partial charge on any atom is -0.374 e. The minimum atomic E-state index is -0.623. The van der Waals surface area contributed by atoms with Crippen molar-refractivity contribution in [1.82, 2.24) is 25.7 Å². The van der Waals surface area contributed by atoms with Gasteiger partial charge in [-0.1, -0.05) is 37.5 Å². The second-order valence-electron chi connectivity index (χ2n) is 15.3. The van der Waals surface area contributed by atoms with Crippen LogP contribution in [0.2, 0.25) is 0 Å². The van der Waals surface area contributed by atoms with Crippen LogP contribution in [0.25, 0.3) is 10.9 Å². The Morgan fingerprint density at radius 1 is 0.780 bits per heavy atom. The Morgan fingerprint density at radius 3 is 2.24 bits per heavy atom. The number of amides is 4. The Bertz CT molecular complexity index is 2230. The predicted octanol–water partition coefficient (Wildman–Crippen LogP) is 6.68. The highest BCUT2D eigenvalue weighted by molar-refractivity contribution is 6.08. The monoisotopic (exact) mass is 804 g/mol. The lowest BCUT2D eigenvalue weighted by Gasteiger charge is -2.36. The molecule has 5 N–H and O–H groups in total. The molecule has 7 rings (SSSR count). The molecule has 14 heteroatoms. The van der Waals surface area contributed by atoms with Crippen LogP contribution >= 0.6 is 0 Å². The number of piperazine rings is 1. The van der Waals surface area contributed by atoms with Gasteiger partial charge in [0.15, 0.2) is 5.82 Å². The van der Waals surface area contributed by atoms with Crippen molar-refractivity contribution in [3.8, 4) is 0 Å². The molecular formula is C45H50F2N8O4. The van der Waals surface area contributed by atoms with Gasteiger partial charge in [0.1, 0.15) is 17.7 Å². The lowest BCUT2D eigenvalue weighted by atomic mass is 10.0. The van der Waals surface area contributed by atoms with Crippen LogP contribution in [0.3, 0.4) is 0 Å². The van der Waals surface area contributed by atoms with Crippen LogP contribution in [0, 0.1) is 11.6 Å². The molecule has 12 nitrogen and oxygen atoms in total. The number of benzene rings is 4. The predicted molar refractivity (Wildman–Crippen MR) is 224 cm³/mol. The number of carbonyl (C=O) groups is 4. The van der Waals surface area contributed by atoms with Crippen molar-refractivity contribution in [2.45, 2.75) is 70.4 Å². The van der Waals surface area contributed by atoms with Crippen LogP contribution in [-0.4, -0.2) is 77.5 Å². The zero-order chi connectivity index (χ0) is 41.1. The summed E-state index contributed by atoms with van der Waals surface area (Å²) < 4.78 is 27.4. The number of nitrogens with zero attached hydrogens (tertiary/aromatic N) is 3. The van der Waals surface area contributed by atoms with Gasteiger partial charge in [0.05, 0.1) is 5.52 Å². The molecule has 1 aromatic heterocycles. The molecule has 0 bridgehead atoms. The van der Waals surface area contributed by atoms with Crippen LogP contribution in [0.5, 0.6) is 0 Å². The van der Waals surface area contributed by atoms with Gasteiger partial charge in [-0.15, -0.1) is 0 Å². The third kappa shape index (κ3) is 11.3. The van der Waals surface area contributed by atoms with Gasteiger partial charge < -0.3 is 25.8 Å². The average Bonchev–Trinajstić information content (AvgIpc) is 3.62. The topological polar surface area (TPSA) is 152 Å². The molecule has 2 fully saturated rings. The van der Waals surface area contributed by atoms with Gasteiger partial charge in [0.2, 0.25) is 17.7 Å². The first-order chi connectivity index (χ1) is 28.7. The van der Waals surface area contributed by atoms with E-state index in [1.165, 1.54) is 12.1 Å². The molecule has 3 heterocycles. The number of piperidine rings is 1. The fourth-order valence-electron chi connectivity index (χ4n) is 7.63. The van der Waals surface area contributed by atoms with Gasteiger partial charge in [-0.25, -0.2) is 8.78 Å². The number of H-pyrrole nitrogens is 1. The SMILES string of the molecule is O=C1CCC(Nc2ccc(N3CCN(C(=O)CCCCCCCNCc4ccc(C(=O)Nc5n[nH]c6ccc(Cc7cc(F)cc(F)c7)cc56)cc4)CC3)cc2)C(=O)N1. The third-order valence-corrected chi connectivity index (χ3v) is 10.9. The van der Waals surface area contributed by atoms with Crippen molar-refractivity contribution in [2.75, 3.05) is 48.3 Å². The number of carbonyl (C=O) groups excluding carboxylic acids is 4. The highest BCUT2D eigenvalue weighted by Gasteiger charge is 2.26. The van der Waals surface area contributed by atoms with Crippen molar-refractivity contribution in [2.24, 2.45) is 0 Å². The van der Waals surface area contributed by atoms with E-state index in [9.17, 15) is 28.0 Å². The summed E-state index contributed by atoms with van der Waals surface area (Å²) in [4.78, 5) is 53.6.